The third-order valence-corrected chi connectivity index (χ3v) is 4.76. The van der Waals surface area contributed by atoms with Crippen molar-refractivity contribution in [2.24, 2.45) is 11.7 Å². The minimum Gasteiger partial charge on any atom is -0.326 e. The normalized spacial score (nSPS) is 33.1. The predicted molar refractivity (Wildman–Crippen MR) is 75.3 cm³/mol. The predicted octanol–water partition coefficient (Wildman–Crippen LogP) is 2.56. The van der Waals surface area contributed by atoms with Gasteiger partial charge in [0, 0.05) is 25.2 Å². The quantitative estimate of drug-likeness (QED) is 0.822. The van der Waals surface area contributed by atoms with E-state index >= 15 is 0 Å². The molecule has 0 unspecified atom stereocenters. The smallest absolute Gasteiger partial charge is 0.0253 e. The van der Waals surface area contributed by atoms with Gasteiger partial charge in [-0.2, -0.15) is 0 Å². The number of hydrogen-bond acceptors (Lipinski definition) is 2. The van der Waals surface area contributed by atoms with Gasteiger partial charge in [0.1, 0.15) is 0 Å². The van der Waals surface area contributed by atoms with Crippen LogP contribution in [0.25, 0.3) is 0 Å². The van der Waals surface area contributed by atoms with Crippen LogP contribution < -0.4 is 5.73 Å². The van der Waals surface area contributed by atoms with Gasteiger partial charge in [0.15, 0.2) is 0 Å². The number of nitrogens with two attached hydrogens (primary N) is 1. The Hall–Kier alpha value is -0.860. The lowest BCUT2D eigenvalue weighted by Gasteiger charge is -2.42. The van der Waals surface area contributed by atoms with Crippen LogP contribution in [0.4, 0.5) is 0 Å². The Bertz CT molecular complexity index is 415. The van der Waals surface area contributed by atoms with E-state index in [0.717, 1.165) is 12.5 Å². The van der Waals surface area contributed by atoms with Gasteiger partial charge in [-0.3, -0.25) is 4.90 Å². The van der Waals surface area contributed by atoms with Crippen molar-refractivity contribution in [1.29, 1.82) is 0 Å². The standard InChI is InChI=1S/C16H24N2/c1-12-6-7-15(17)16(10-12)18-9-8-13-4-2-3-5-14(13)11-18/h2-5,12,15-16H,6-11,17H2,1H3/t12-,15+,16+/m0/s1. The maximum atomic E-state index is 6.35. The topological polar surface area (TPSA) is 29.3 Å². The third-order valence-electron chi connectivity index (χ3n) is 4.76. The number of benzene rings is 1. The Balaban J connectivity index is 1.75. The molecule has 98 valence electrons. The Labute approximate surface area is 110 Å². The third kappa shape index (κ3) is 2.32. The van der Waals surface area contributed by atoms with Crippen LogP contribution in [0, 0.1) is 5.92 Å². The molecular formula is C16H24N2. The van der Waals surface area contributed by atoms with Crippen LogP contribution in [-0.4, -0.2) is 23.5 Å². The molecule has 1 aliphatic heterocycles. The van der Waals surface area contributed by atoms with Crippen LogP contribution in [0.2, 0.25) is 0 Å². The molecule has 1 saturated carbocycles. The van der Waals surface area contributed by atoms with E-state index in [1.807, 2.05) is 0 Å². The average Bonchev–Trinajstić information content (AvgIpc) is 2.41. The first kappa shape index (κ1) is 12.2. The maximum Gasteiger partial charge on any atom is 0.0253 e. The molecular weight excluding hydrogens is 220 g/mol. The Kier molecular flexibility index (Phi) is 3.40. The zero-order valence-electron chi connectivity index (χ0n) is 11.3. The van der Waals surface area contributed by atoms with Gasteiger partial charge < -0.3 is 5.73 Å². The minimum atomic E-state index is 0.381. The molecule has 1 fully saturated rings. The number of nitrogens with zero attached hydrogens (tertiary/aromatic N) is 1. The van der Waals surface area contributed by atoms with Crippen LogP contribution in [0.5, 0.6) is 0 Å². The highest BCUT2D eigenvalue weighted by Crippen LogP contribution is 2.30. The van der Waals surface area contributed by atoms with Gasteiger partial charge in [0.2, 0.25) is 0 Å². The fraction of sp³-hybridized carbons (Fsp3) is 0.625. The highest BCUT2D eigenvalue weighted by atomic mass is 15.2. The second kappa shape index (κ2) is 5.02. The van der Waals surface area contributed by atoms with E-state index in [1.54, 1.807) is 0 Å². The molecule has 18 heavy (non-hydrogen) atoms. The van der Waals surface area contributed by atoms with Crippen molar-refractivity contribution in [1.82, 2.24) is 4.90 Å². The highest BCUT2D eigenvalue weighted by molar-refractivity contribution is 5.29. The largest absolute Gasteiger partial charge is 0.326 e. The summed E-state index contributed by atoms with van der Waals surface area (Å²) in [6.45, 7) is 4.65. The highest BCUT2D eigenvalue weighted by Gasteiger charge is 2.32. The van der Waals surface area contributed by atoms with Gasteiger partial charge in [-0.15, -0.1) is 0 Å². The SMILES string of the molecule is C[C@H]1CC[C@@H](N)[C@H](N2CCc3ccccc3C2)C1. The average molecular weight is 244 g/mol. The lowest BCUT2D eigenvalue weighted by molar-refractivity contribution is 0.104. The molecule has 3 atom stereocenters. The molecule has 1 heterocycles. The molecule has 2 nitrogen and oxygen atoms in total. The summed E-state index contributed by atoms with van der Waals surface area (Å²) in [6.07, 6.45) is 4.98. The summed E-state index contributed by atoms with van der Waals surface area (Å²) >= 11 is 0. The second-order valence-corrected chi connectivity index (χ2v) is 6.14. The van der Waals surface area contributed by atoms with E-state index in [4.69, 9.17) is 5.73 Å². The van der Waals surface area contributed by atoms with E-state index in [0.29, 0.717) is 12.1 Å². The Morgan fingerprint density at radius 2 is 1.94 bits per heavy atom. The van der Waals surface area contributed by atoms with Gasteiger partial charge in [-0.1, -0.05) is 31.2 Å². The lowest BCUT2D eigenvalue weighted by atomic mass is 9.82. The van der Waals surface area contributed by atoms with Crippen molar-refractivity contribution in [3.63, 3.8) is 0 Å². The van der Waals surface area contributed by atoms with Crippen molar-refractivity contribution in [2.75, 3.05) is 6.54 Å². The summed E-state index contributed by atoms with van der Waals surface area (Å²) in [7, 11) is 0. The van der Waals surface area contributed by atoms with E-state index in [1.165, 1.54) is 43.4 Å². The zero-order chi connectivity index (χ0) is 12.5. The van der Waals surface area contributed by atoms with Gasteiger partial charge in [0.25, 0.3) is 0 Å². The second-order valence-electron chi connectivity index (χ2n) is 6.14. The van der Waals surface area contributed by atoms with Gasteiger partial charge in [-0.05, 0) is 42.7 Å². The van der Waals surface area contributed by atoms with Crippen molar-refractivity contribution >= 4 is 0 Å². The first-order chi connectivity index (χ1) is 8.74. The van der Waals surface area contributed by atoms with Crippen molar-refractivity contribution < 1.29 is 0 Å². The molecule has 0 aromatic heterocycles. The monoisotopic (exact) mass is 244 g/mol. The molecule has 0 bridgehead atoms. The summed E-state index contributed by atoms with van der Waals surface area (Å²) in [5.41, 5.74) is 9.39. The van der Waals surface area contributed by atoms with Crippen molar-refractivity contribution in [2.45, 2.75) is 51.2 Å². The van der Waals surface area contributed by atoms with Gasteiger partial charge in [-0.25, -0.2) is 0 Å². The first-order valence-electron chi connectivity index (χ1n) is 7.30. The number of fused-ring (bicyclic) bond motifs is 1. The lowest BCUT2D eigenvalue weighted by Crippen LogP contribution is -2.52. The molecule has 1 aromatic rings. The number of hydrogen-bond donors (Lipinski definition) is 1. The van der Waals surface area contributed by atoms with Crippen molar-refractivity contribution in [3.05, 3.63) is 35.4 Å². The molecule has 2 aliphatic rings. The maximum absolute atomic E-state index is 6.35. The summed E-state index contributed by atoms with van der Waals surface area (Å²) in [5, 5.41) is 0. The Morgan fingerprint density at radius 3 is 2.78 bits per heavy atom. The van der Waals surface area contributed by atoms with Crippen LogP contribution in [-0.2, 0) is 13.0 Å². The van der Waals surface area contributed by atoms with Gasteiger partial charge >= 0.3 is 0 Å². The number of rotatable bonds is 1. The van der Waals surface area contributed by atoms with Crippen molar-refractivity contribution in [3.8, 4) is 0 Å². The fourth-order valence-electron chi connectivity index (χ4n) is 3.59. The van der Waals surface area contributed by atoms with E-state index in [-0.39, 0.29) is 0 Å². The summed E-state index contributed by atoms with van der Waals surface area (Å²) in [4.78, 5) is 2.63. The summed E-state index contributed by atoms with van der Waals surface area (Å²) < 4.78 is 0. The molecule has 2 N–H and O–H groups in total. The summed E-state index contributed by atoms with van der Waals surface area (Å²) in [5.74, 6) is 0.840. The van der Waals surface area contributed by atoms with Crippen LogP contribution in [0.15, 0.2) is 24.3 Å². The molecule has 0 saturated heterocycles. The minimum absolute atomic E-state index is 0.381. The van der Waals surface area contributed by atoms with E-state index in [9.17, 15) is 0 Å². The molecule has 1 aromatic carbocycles. The van der Waals surface area contributed by atoms with Gasteiger partial charge in [0.05, 0.1) is 0 Å². The van der Waals surface area contributed by atoms with Crippen LogP contribution >= 0.6 is 0 Å². The fourth-order valence-corrected chi connectivity index (χ4v) is 3.59. The van der Waals surface area contributed by atoms with Crippen LogP contribution in [0.3, 0.4) is 0 Å². The van der Waals surface area contributed by atoms with E-state index in [2.05, 4.69) is 36.1 Å². The first-order valence-corrected chi connectivity index (χ1v) is 7.30. The molecule has 1 aliphatic carbocycles. The molecule has 2 heteroatoms. The summed E-state index contributed by atoms with van der Waals surface area (Å²) in [6, 6.07) is 9.85. The van der Waals surface area contributed by atoms with Crippen LogP contribution in [0.1, 0.15) is 37.3 Å². The molecule has 3 rings (SSSR count). The zero-order valence-corrected chi connectivity index (χ0v) is 11.3. The molecule has 0 amide bonds. The molecule has 0 spiro atoms. The Morgan fingerprint density at radius 1 is 1.17 bits per heavy atom. The molecule has 0 radical (unpaired) electrons. The van der Waals surface area contributed by atoms with E-state index < -0.39 is 0 Å².